The summed E-state index contributed by atoms with van der Waals surface area (Å²) in [4.78, 5) is 12.7. The lowest BCUT2D eigenvalue weighted by atomic mass is 10.1. The maximum Gasteiger partial charge on any atom is 0.262 e. The van der Waals surface area contributed by atoms with Crippen LogP contribution in [0.3, 0.4) is 0 Å². The molecular weight excluding hydrogens is 570 g/mol. The Balaban J connectivity index is 1.58. The fourth-order valence-electron chi connectivity index (χ4n) is 3.81. The molecule has 1 amide bonds. The molecule has 0 bridgehead atoms. The number of carbonyl (C=O) groups is 1. The van der Waals surface area contributed by atoms with Crippen LogP contribution in [0.15, 0.2) is 94.7 Å². The van der Waals surface area contributed by atoms with Crippen LogP contribution in [0, 0.1) is 6.92 Å². The molecule has 4 N–H and O–H groups in total. The highest BCUT2D eigenvalue weighted by molar-refractivity contribution is 7.93. The highest BCUT2D eigenvalue weighted by Gasteiger charge is 2.22. The van der Waals surface area contributed by atoms with Crippen molar-refractivity contribution in [1.82, 2.24) is 0 Å². The number of ether oxygens (including phenoxy) is 2. The van der Waals surface area contributed by atoms with E-state index in [1.807, 2.05) is 0 Å². The lowest BCUT2D eigenvalue weighted by Crippen LogP contribution is -2.18. The van der Waals surface area contributed by atoms with Gasteiger partial charge in [0, 0.05) is 11.3 Å². The number of carbonyl (C=O) groups excluding carboxylic acids is 1. The van der Waals surface area contributed by atoms with E-state index in [4.69, 9.17) is 9.47 Å². The first-order valence-corrected chi connectivity index (χ1v) is 15.0. The molecule has 0 atom stereocenters. The third kappa shape index (κ3) is 6.70. The van der Waals surface area contributed by atoms with E-state index in [0.29, 0.717) is 17.1 Å². The van der Waals surface area contributed by atoms with Gasteiger partial charge in [-0.15, -0.1) is 0 Å². The summed E-state index contributed by atoms with van der Waals surface area (Å²) in [6.45, 7) is 1.58. The number of nitrogens with one attached hydrogen (secondary N) is 3. The van der Waals surface area contributed by atoms with Gasteiger partial charge in [0.1, 0.15) is 17.2 Å². The summed E-state index contributed by atoms with van der Waals surface area (Å²) in [5.41, 5.74) is 0.643. The predicted molar refractivity (Wildman–Crippen MR) is 155 cm³/mol. The van der Waals surface area contributed by atoms with Gasteiger partial charge >= 0.3 is 0 Å². The van der Waals surface area contributed by atoms with E-state index in [0.717, 1.165) is 12.1 Å². The molecule has 11 nitrogen and oxygen atoms in total. The van der Waals surface area contributed by atoms with E-state index < -0.39 is 26.0 Å². The van der Waals surface area contributed by atoms with Crippen molar-refractivity contribution in [3.8, 4) is 17.2 Å². The van der Waals surface area contributed by atoms with E-state index in [1.54, 1.807) is 37.3 Å². The summed E-state index contributed by atoms with van der Waals surface area (Å²) in [7, 11) is -5.32. The van der Waals surface area contributed by atoms with Crippen molar-refractivity contribution in [3.05, 3.63) is 96.1 Å². The molecule has 0 fully saturated rings. The minimum Gasteiger partial charge on any atom is -0.506 e. The molecule has 41 heavy (non-hydrogen) atoms. The van der Waals surface area contributed by atoms with E-state index in [-0.39, 0.29) is 38.2 Å². The molecule has 0 spiro atoms. The van der Waals surface area contributed by atoms with Gasteiger partial charge in [-0.05, 0) is 79.2 Å². The number of hydrogen-bond acceptors (Lipinski definition) is 8. The minimum atomic E-state index is -4.13. The minimum absolute atomic E-state index is 0.0416. The Morgan fingerprint density at radius 1 is 0.756 bits per heavy atom. The summed E-state index contributed by atoms with van der Waals surface area (Å²) in [5, 5.41) is 12.8. The Morgan fingerprint density at radius 2 is 1.46 bits per heavy atom. The number of aromatic hydroxyl groups is 1. The van der Waals surface area contributed by atoms with Crippen molar-refractivity contribution in [2.45, 2.75) is 16.7 Å². The SMILES string of the molecule is COc1ccc(NS(=O)(=O)c2ccc(O)c(NC(=O)c3ccc(C)c(S(=O)(=O)Nc4ccccc4OC)c3)c2)cc1. The van der Waals surface area contributed by atoms with Crippen LogP contribution in [0.25, 0.3) is 0 Å². The lowest BCUT2D eigenvalue weighted by Gasteiger charge is -2.15. The van der Waals surface area contributed by atoms with Crippen LogP contribution >= 0.6 is 0 Å². The highest BCUT2D eigenvalue weighted by Crippen LogP contribution is 2.30. The molecule has 0 aliphatic carbocycles. The van der Waals surface area contributed by atoms with Crippen molar-refractivity contribution < 1.29 is 36.2 Å². The van der Waals surface area contributed by atoms with Gasteiger partial charge in [-0.3, -0.25) is 14.2 Å². The molecule has 0 radical (unpaired) electrons. The first kappa shape index (κ1) is 29.2. The Hall–Kier alpha value is -4.75. The van der Waals surface area contributed by atoms with Crippen LogP contribution in [0.2, 0.25) is 0 Å². The molecule has 4 aromatic carbocycles. The number of hydrogen-bond donors (Lipinski definition) is 4. The predicted octanol–water partition coefficient (Wildman–Crippen LogP) is 4.57. The number of benzene rings is 4. The number of phenols is 1. The normalized spacial score (nSPS) is 11.4. The van der Waals surface area contributed by atoms with Crippen molar-refractivity contribution in [1.29, 1.82) is 0 Å². The quantitative estimate of drug-likeness (QED) is 0.193. The summed E-state index contributed by atoms with van der Waals surface area (Å²) < 4.78 is 67.4. The second kappa shape index (κ2) is 11.8. The molecule has 0 saturated heterocycles. The van der Waals surface area contributed by atoms with Gasteiger partial charge in [-0.2, -0.15) is 0 Å². The second-order valence-corrected chi connectivity index (χ2v) is 12.1. The van der Waals surface area contributed by atoms with E-state index in [2.05, 4.69) is 14.8 Å². The van der Waals surface area contributed by atoms with Gasteiger partial charge in [0.05, 0.1) is 35.4 Å². The van der Waals surface area contributed by atoms with Gasteiger partial charge in [-0.25, -0.2) is 16.8 Å². The molecule has 4 rings (SSSR count). The topological polar surface area (TPSA) is 160 Å². The van der Waals surface area contributed by atoms with Crippen LogP contribution in [0.4, 0.5) is 17.1 Å². The maximum atomic E-state index is 13.2. The van der Waals surface area contributed by atoms with Gasteiger partial charge in [-0.1, -0.05) is 18.2 Å². The number of aryl methyl sites for hydroxylation is 1. The molecule has 4 aromatic rings. The van der Waals surface area contributed by atoms with Crippen molar-refractivity contribution in [2.75, 3.05) is 29.0 Å². The van der Waals surface area contributed by atoms with Crippen LogP contribution < -0.4 is 24.2 Å². The summed E-state index contributed by atoms with van der Waals surface area (Å²) in [6, 6.07) is 20.1. The average molecular weight is 598 g/mol. The smallest absolute Gasteiger partial charge is 0.262 e. The fraction of sp³-hybridized carbons (Fsp3) is 0.107. The third-order valence-corrected chi connectivity index (χ3v) is 8.85. The average Bonchev–Trinajstić information content (AvgIpc) is 2.94. The molecule has 0 aliphatic heterocycles. The zero-order valence-electron chi connectivity index (χ0n) is 22.2. The molecule has 0 heterocycles. The Kier molecular flexibility index (Phi) is 8.40. The highest BCUT2D eigenvalue weighted by atomic mass is 32.2. The molecule has 214 valence electrons. The maximum absolute atomic E-state index is 13.2. The molecule has 0 unspecified atom stereocenters. The zero-order valence-corrected chi connectivity index (χ0v) is 23.8. The van der Waals surface area contributed by atoms with Gasteiger partial charge in [0.15, 0.2) is 0 Å². The van der Waals surface area contributed by atoms with E-state index >= 15 is 0 Å². The first-order valence-electron chi connectivity index (χ1n) is 12.0. The van der Waals surface area contributed by atoms with Gasteiger partial charge in [0.25, 0.3) is 26.0 Å². The molecular formula is C28H27N3O8S2. The Morgan fingerprint density at radius 3 is 2.15 bits per heavy atom. The number of anilines is 3. The number of para-hydroxylation sites is 2. The number of phenolic OH excluding ortho intramolecular Hbond substituents is 1. The van der Waals surface area contributed by atoms with Gasteiger partial charge < -0.3 is 19.9 Å². The Bertz CT molecular complexity index is 1810. The van der Waals surface area contributed by atoms with E-state index in [1.165, 1.54) is 56.7 Å². The number of sulfonamides is 2. The third-order valence-electron chi connectivity index (χ3n) is 5.96. The number of methoxy groups -OCH3 is 2. The van der Waals surface area contributed by atoms with Crippen molar-refractivity contribution in [3.63, 3.8) is 0 Å². The Labute approximate surface area is 237 Å². The molecule has 13 heteroatoms. The lowest BCUT2D eigenvalue weighted by molar-refractivity contribution is 0.102. The molecule has 0 saturated carbocycles. The summed E-state index contributed by atoms with van der Waals surface area (Å²) in [6.07, 6.45) is 0. The summed E-state index contributed by atoms with van der Waals surface area (Å²) >= 11 is 0. The zero-order chi connectivity index (χ0) is 29.8. The largest absolute Gasteiger partial charge is 0.506 e. The van der Waals surface area contributed by atoms with Crippen molar-refractivity contribution in [2.24, 2.45) is 0 Å². The van der Waals surface area contributed by atoms with Gasteiger partial charge in [0.2, 0.25) is 0 Å². The molecule has 0 aromatic heterocycles. The van der Waals surface area contributed by atoms with Crippen LogP contribution in [0.5, 0.6) is 17.2 Å². The standard InChI is InChI=1S/C28H27N3O8S2/c1-18-8-9-19(16-27(18)41(36,37)31-23-6-4-5-7-26(23)39-3)28(33)29-24-17-22(14-15-25(24)32)40(34,35)30-20-10-12-21(38-2)13-11-20/h4-17,30-32H,1-3H3,(H,29,33). The first-order chi connectivity index (χ1) is 19.4. The van der Waals surface area contributed by atoms with Crippen LogP contribution in [0.1, 0.15) is 15.9 Å². The molecule has 0 aliphatic rings. The second-order valence-electron chi connectivity index (χ2n) is 8.75. The van der Waals surface area contributed by atoms with Crippen molar-refractivity contribution >= 4 is 43.0 Å². The summed E-state index contributed by atoms with van der Waals surface area (Å²) in [5.74, 6) is -0.300. The van der Waals surface area contributed by atoms with Crippen LogP contribution in [-0.4, -0.2) is 42.1 Å². The van der Waals surface area contributed by atoms with E-state index in [9.17, 15) is 26.7 Å². The van der Waals surface area contributed by atoms with Crippen LogP contribution in [-0.2, 0) is 20.0 Å². The number of rotatable bonds is 10. The fourth-order valence-corrected chi connectivity index (χ4v) is 6.24. The monoisotopic (exact) mass is 597 g/mol. The number of amides is 1.